The molecule has 2 aromatic rings. The third-order valence-electron chi connectivity index (χ3n) is 4.49. The molecule has 1 atom stereocenters. The summed E-state index contributed by atoms with van der Waals surface area (Å²) in [6.07, 6.45) is 3.79. The molecule has 2 heterocycles. The minimum atomic E-state index is -0.128. The number of nitrogens with zero attached hydrogens (tertiary/aromatic N) is 2. The van der Waals surface area contributed by atoms with E-state index >= 15 is 0 Å². The maximum Gasteiger partial charge on any atom is 0.233 e. The van der Waals surface area contributed by atoms with Crippen molar-refractivity contribution in [1.82, 2.24) is 15.2 Å². The summed E-state index contributed by atoms with van der Waals surface area (Å²) in [6, 6.07) is 16.6. The van der Waals surface area contributed by atoms with Gasteiger partial charge in [-0.2, -0.15) is 0 Å². The molecule has 4 nitrogen and oxygen atoms in total. The molecule has 1 aliphatic heterocycles. The van der Waals surface area contributed by atoms with Crippen LogP contribution in [0.3, 0.4) is 0 Å². The van der Waals surface area contributed by atoms with Gasteiger partial charge in [-0.25, -0.2) is 4.98 Å². The molecule has 1 aromatic carbocycles. The monoisotopic (exact) mass is 355 g/mol. The number of pyridine rings is 1. The summed E-state index contributed by atoms with van der Waals surface area (Å²) in [5.41, 5.74) is 1.35. The van der Waals surface area contributed by atoms with Crippen molar-refractivity contribution in [1.29, 1.82) is 0 Å². The van der Waals surface area contributed by atoms with Crippen LogP contribution in [-0.4, -0.2) is 40.2 Å². The van der Waals surface area contributed by atoms with E-state index in [1.807, 2.05) is 25.1 Å². The maximum atomic E-state index is 12.4. The molecule has 1 saturated heterocycles. The standard InChI is InChI=1S/C20H25N3OS/c1-16(25-19-9-5-6-12-21-19)20(24)22-18-10-13-23(14-11-18)15-17-7-3-2-4-8-17/h2-9,12,16,18H,10-11,13-15H2,1H3,(H,22,24)/t16-/m0/s1. The first-order chi connectivity index (χ1) is 12.2. The molecular formula is C20H25N3OS. The third kappa shape index (κ3) is 5.58. The molecule has 132 valence electrons. The van der Waals surface area contributed by atoms with E-state index < -0.39 is 0 Å². The Morgan fingerprint density at radius 2 is 1.92 bits per heavy atom. The lowest BCUT2D eigenvalue weighted by molar-refractivity contribution is -0.121. The summed E-state index contributed by atoms with van der Waals surface area (Å²) in [7, 11) is 0. The van der Waals surface area contributed by atoms with Gasteiger partial charge in [0.15, 0.2) is 0 Å². The van der Waals surface area contributed by atoms with Crippen LogP contribution in [0.4, 0.5) is 0 Å². The van der Waals surface area contributed by atoms with E-state index in [1.165, 1.54) is 17.3 Å². The zero-order valence-electron chi connectivity index (χ0n) is 14.6. The summed E-state index contributed by atoms with van der Waals surface area (Å²) >= 11 is 1.51. The average molecular weight is 356 g/mol. The molecule has 1 fully saturated rings. The van der Waals surface area contributed by atoms with Gasteiger partial charge >= 0.3 is 0 Å². The molecule has 1 aliphatic rings. The van der Waals surface area contributed by atoms with Gasteiger partial charge in [-0.05, 0) is 37.5 Å². The Balaban J connectivity index is 1.41. The Morgan fingerprint density at radius 1 is 1.20 bits per heavy atom. The van der Waals surface area contributed by atoms with Gasteiger partial charge in [0.05, 0.1) is 10.3 Å². The summed E-state index contributed by atoms with van der Waals surface area (Å²) in [5.74, 6) is 0.108. The van der Waals surface area contributed by atoms with Crippen molar-refractivity contribution in [2.75, 3.05) is 13.1 Å². The van der Waals surface area contributed by atoms with Crippen molar-refractivity contribution in [3.05, 3.63) is 60.3 Å². The van der Waals surface area contributed by atoms with Crippen LogP contribution in [0.15, 0.2) is 59.8 Å². The second kappa shape index (κ2) is 9.02. The number of thioether (sulfide) groups is 1. The number of likely N-dealkylation sites (tertiary alicyclic amines) is 1. The second-order valence-electron chi connectivity index (χ2n) is 6.47. The predicted molar refractivity (Wildman–Crippen MR) is 102 cm³/mol. The Bertz CT molecular complexity index is 657. The van der Waals surface area contributed by atoms with Gasteiger partial charge in [0.1, 0.15) is 0 Å². The summed E-state index contributed by atoms with van der Waals surface area (Å²) in [6.45, 7) is 5.00. The smallest absolute Gasteiger partial charge is 0.233 e. The topological polar surface area (TPSA) is 45.2 Å². The fraction of sp³-hybridized carbons (Fsp3) is 0.400. The number of hydrogen-bond donors (Lipinski definition) is 1. The van der Waals surface area contributed by atoms with E-state index in [4.69, 9.17) is 0 Å². The van der Waals surface area contributed by atoms with Crippen molar-refractivity contribution in [3.63, 3.8) is 0 Å². The lowest BCUT2D eigenvalue weighted by atomic mass is 10.0. The molecule has 25 heavy (non-hydrogen) atoms. The van der Waals surface area contributed by atoms with Crippen molar-refractivity contribution in [2.24, 2.45) is 0 Å². The Kier molecular flexibility index (Phi) is 6.48. The first-order valence-corrected chi connectivity index (χ1v) is 9.73. The summed E-state index contributed by atoms with van der Waals surface area (Å²) in [4.78, 5) is 19.2. The number of amides is 1. The van der Waals surface area contributed by atoms with Crippen molar-refractivity contribution >= 4 is 17.7 Å². The van der Waals surface area contributed by atoms with Gasteiger partial charge in [-0.3, -0.25) is 9.69 Å². The molecule has 0 aliphatic carbocycles. The molecule has 0 saturated carbocycles. The van der Waals surface area contributed by atoms with Crippen LogP contribution in [0.1, 0.15) is 25.3 Å². The summed E-state index contributed by atoms with van der Waals surface area (Å²) < 4.78 is 0. The zero-order valence-corrected chi connectivity index (χ0v) is 15.4. The molecule has 1 amide bonds. The highest BCUT2D eigenvalue weighted by molar-refractivity contribution is 8.00. The quantitative estimate of drug-likeness (QED) is 0.807. The minimum absolute atomic E-state index is 0.108. The number of nitrogens with one attached hydrogen (secondary N) is 1. The number of carbonyl (C=O) groups is 1. The molecule has 1 aromatic heterocycles. The number of aromatic nitrogens is 1. The second-order valence-corrected chi connectivity index (χ2v) is 7.83. The normalized spacial score (nSPS) is 17.2. The van der Waals surface area contributed by atoms with Crippen molar-refractivity contribution in [2.45, 2.75) is 42.6 Å². The lowest BCUT2D eigenvalue weighted by Crippen LogP contribution is -2.46. The van der Waals surface area contributed by atoms with Crippen LogP contribution in [0.5, 0.6) is 0 Å². The van der Waals surface area contributed by atoms with Crippen molar-refractivity contribution in [3.8, 4) is 0 Å². The van der Waals surface area contributed by atoms with Crippen LogP contribution in [0, 0.1) is 0 Å². The number of rotatable bonds is 6. The number of benzene rings is 1. The van der Waals surface area contributed by atoms with Crippen molar-refractivity contribution < 1.29 is 4.79 Å². The van der Waals surface area contributed by atoms with Gasteiger partial charge < -0.3 is 5.32 Å². The van der Waals surface area contributed by atoms with E-state index in [0.717, 1.165) is 37.5 Å². The van der Waals surface area contributed by atoms with Crippen LogP contribution in [0.25, 0.3) is 0 Å². The number of piperidine rings is 1. The number of hydrogen-bond acceptors (Lipinski definition) is 4. The molecule has 5 heteroatoms. The van der Waals surface area contributed by atoms with Crippen LogP contribution < -0.4 is 5.32 Å². The Morgan fingerprint density at radius 3 is 2.60 bits per heavy atom. The number of carbonyl (C=O) groups excluding carboxylic acids is 1. The molecule has 0 radical (unpaired) electrons. The molecule has 0 bridgehead atoms. The van der Waals surface area contributed by atoms with Gasteiger partial charge in [0.25, 0.3) is 0 Å². The highest BCUT2D eigenvalue weighted by Gasteiger charge is 2.23. The summed E-state index contributed by atoms with van der Waals surface area (Å²) in [5, 5.41) is 3.97. The fourth-order valence-electron chi connectivity index (χ4n) is 3.05. The Labute approximate surface area is 154 Å². The van der Waals surface area contributed by atoms with E-state index in [2.05, 4.69) is 45.5 Å². The zero-order chi connectivity index (χ0) is 17.5. The van der Waals surface area contributed by atoms with Crippen LogP contribution >= 0.6 is 11.8 Å². The minimum Gasteiger partial charge on any atom is -0.352 e. The lowest BCUT2D eigenvalue weighted by Gasteiger charge is -2.32. The first kappa shape index (κ1) is 18.0. The van der Waals surface area contributed by atoms with E-state index in [9.17, 15) is 4.79 Å². The van der Waals surface area contributed by atoms with E-state index in [0.29, 0.717) is 0 Å². The first-order valence-electron chi connectivity index (χ1n) is 8.85. The van der Waals surface area contributed by atoms with Crippen LogP contribution in [0.2, 0.25) is 0 Å². The van der Waals surface area contributed by atoms with Gasteiger partial charge in [0, 0.05) is 31.9 Å². The molecule has 3 rings (SSSR count). The molecule has 1 N–H and O–H groups in total. The van der Waals surface area contributed by atoms with Gasteiger partial charge in [0.2, 0.25) is 5.91 Å². The highest BCUT2D eigenvalue weighted by Crippen LogP contribution is 2.21. The highest BCUT2D eigenvalue weighted by atomic mass is 32.2. The predicted octanol–water partition coefficient (Wildman–Crippen LogP) is 3.34. The average Bonchev–Trinajstić information content (AvgIpc) is 2.65. The van der Waals surface area contributed by atoms with Gasteiger partial charge in [-0.15, -0.1) is 0 Å². The molecular weight excluding hydrogens is 330 g/mol. The van der Waals surface area contributed by atoms with Crippen LogP contribution in [-0.2, 0) is 11.3 Å². The maximum absolute atomic E-state index is 12.4. The fourth-order valence-corrected chi connectivity index (χ4v) is 3.86. The molecule has 0 unspecified atom stereocenters. The van der Waals surface area contributed by atoms with E-state index in [1.54, 1.807) is 6.20 Å². The van der Waals surface area contributed by atoms with E-state index in [-0.39, 0.29) is 17.2 Å². The Hall–Kier alpha value is -1.85. The third-order valence-corrected chi connectivity index (χ3v) is 5.54. The van der Waals surface area contributed by atoms with Gasteiger partial charge in [-0.1, -0.05) is 48.2 Å². The largest absolute Gasteiger partial charge is 0.352 e. The molecule has 0 spiro atoms. The SMILES string of the molecule is C[C@H](Sc1ccccn1)C(=O)NC1CCN(Cc2ccccc2)CC1.